The Morgan fingerprint density at radius 1 is 1.47 bits per heavy atom. The minimum atomic E-state index is -1.02. The van der Waals surface area contributed by atoms with E-state index < -0.39 is 17.2 Å². The quantitative estimate of drug-likeness (QED) is 0.815. The minimum Gasteiger partial charge on any atom is -0.387 e. The van der Waals surface area contributed by atoms with E-state index in [1.807, 2.05) is 19.0 Å². The summed E-state index contributed by atoms with van der Waals surface area (Å²) < 4.78 is 25.8. The Hall–Kier alpha value is -1.27. The maximum Gasteiger partial charge on any atom is 0.168 e. The summed E-state index contributed by atoms with van der Waals surface area (Å²) in [7, 11) is 3.65. The highest BCUT2D eigenvalue weighted by Gasteiger charge is 2.21. The second-order valence-electron chi connectivity index (χ2n) is 4.57. The Morgan fingerprint density at radius 2 is 2.12 bits per heavy atom. The van der Waals surface area contributed by atoms with Crippen molar-refractivity contribution in [1.29, 1.82) is 0 Å². The zero-order valence-corrected chi connectivity index (χ0v) is 10.2. The Balaban J connectivity index is 2.61. The summed E-state index contributed by atoms with van der Waals surface area (Å²) in [6.45, 7) is 2.17. The van der Waals surface area contributed by atoms with Crippen LogP contribution in [-0.4, -0.2) is 47.8 Å². The van der Waals surface area contributed by atoms with Crippen LogP contribution in [0.25, 0.3) is 0 Å². The third kappa shape index (κ3) is 4.62. The number of aromatic nitrogens is 1. The van der Waals surface area contributed by atoms with Crippen LogP contribution in [0.3, 0.4) is 0 Å². The van der Waals surface area contributed by atoms with Crippen molar-refractivity contribution < 1.29 is 13.9 Å². The van der Waals surface area contributed by atoms with Crippen LogP contribution in [0.15, 0.2) is 12.3 Å². The number of likely N-dealkylation sites (N-methyl/N-ethyl adjacent to an activating group) is 1. The summed E-state index contributed by atoms with van der Waals surface area (Å²) in [4.78, 5) is 5.39. The van der Waals surface area contributed by atoms with Gasteiger partial charge in [0, 0.05) is 19.2 Å². The van der Waals surface area contributed by atoms with Crippen LogP contribution in [0.1, 0.15) is 6.92 Å². The van der Waals surface area contributed by atoms with Gasteiger partial charge in [0.2, 0.25) is 0 Å². The molecule has 0 saturated heterocycles. The first-order valence-electron chi connectivity index (χ1n) is 5.22. The molecule has 1 atom stereocenters. The lowest BCUT2D eigenvalue weighted by Gasteiger charge is -2.27. The zero-order chi connectivity index (χ0) is 13.1. The average Bonchev–Trinajstić information content (AvgIpc) is 2.14. The maximum absolute atomic E-state index is 13.2. The lowest BCUT2D eigenvalue weighted by Crippen LogP contribution is -2.43. The third-order valence-corrected chi connectivity index (χ3v) is 2.10. The fraction of sp³-hybridized carbons (Fsp3) is 0.545. The van der Waals surface area contributed by atoms with Crippen molar-refractivity contribution in [3.05, 3.63) is 23.9 Å². The molecule has 0 aliphatic rings. The molecule has 0 bridgehead atoms. The van der Waals surface area contributed by atoms with E-state index in [4.69, 9.17) is 0 Å². The molecule has 4 nitrogen and oxygen atoms in total. The number of halogens is 2. The van der Waals surface area contributed by atoms with Crippen molar-refractivity contribution in [2.75, 3.05) is 32.5 Å². The van der Waals surface area contributed by atoms with Crippen LogP contribution >= 0.6 is 0 Å². The van der Waals surface area contributed by atoms with E-state index in [9.17, 15) is 13.9 Å². The van der Waals surface area contributed by atoms with Gasteiger partial charge in [-0.2, -0.15) is 0 Å². The molecule has 0 amide bonds. The highest BCUT2D eigenvalue weighted by molar-refractivity contribution is 5.36. The van der Waals surface area contributed by atoms with E-state index >= 15 is 0 Å². The molecule has 0 radical (unpaired) electrons. The van der Waals surface area contributed by atoms with Gasteiger partial charge < -0.3 is 15.3 Å². The molecule has 1 aromatic rings. The summed E-state index contributed by atoms with van der Waals surface area (Å²) in [5, 5.41) is 12.6. The van der Waals surface area contributed by atoms with Crippen LogP contribution in [0.5, 0.6) is 0 Å². The molecule has 1 unspecified atom stereocenters. The number of hydrogen-bond acceptors (Lipinski definition) is 4. The molecule has 0 spiro atoms. The second kappa shape index (κ2) is 5.37. The minimum absolute atomic E-state index is 0.0644. The molecule has 0 saturated carbocycles. The maximum atomic E-state index is 13.2. The molecule has 96 valence electrons. The lowest BCUT2D eigenvalue weighted by molar-refractivity contribution is 0.0458. The molecular formula is C11H17F2N3O. The van der Waals surface area contributed by atoms with Gasteiger partial charge in [0.25, 0.3) is 0 Å². The van der Waals surface area contributed by atoms with Crippen LogP contribution in [0.4, 0.5) is 14.6 Å². The van der Waals surface area contributed by atoms with Gasteiger partial charge in [-0.25, -0.2) is 13.8 Å². The van der Waals surface area contributed by atoms with Crippen LogP contribution in [-0.2, 0) is 0 Å². The Kier molecular flexibility index (Phi) is 4.36. The van der Waals surface area contributed by atoms with E-state index in [2.05, 4.69) is 10.3 Å². The number of nitrogens with one attached hydrogen (secondary N) is 1. The molecule has 0 aliphatic heterocycles. The van der Waals surface area contributed by atoms with E-state index in [1.165, 1.54) is 0 Å². The van der Waals surface area contributed by atoms with Crippen LogP contribution in [0.2, 0.25) is 0 Å². The fourth-order valence-corrected chi connectivity index (χ4v) is 1.56. The summed E-state index contributed by atoms with van der Waals surface area (Å²) in [5.74, 6) is -1.57. The van der Waals surface area contributed by atoms with Gasteiger partial charge in [-0.15, -0.1) is 0 Å². The van der Waals surface area contributed by atoms with Gasteiger partial charge in [-0.3, -0.25) is 0 Å². The molecule has 6 heteroatoms. The van der Waals surface area contributed by atoms with Crippen molar-refractivity contribution >= 4 is 5.82 Å². The molecule has 1 heterocycles. The Bertz CT molecular complexity index is 383. The largest absolute Gasteiger partial charge is 0.387 e. The van der Waals surface area contributed by atoms with E-state index in [0.717, 1.165) is 12.3 Å². The monoisotopic (exact) mass is 245 g/mol. The zero-order valence-electron chi connectivity index (χ0n) is 10.2. The molecular weight excluding hydrogens is 228 g/mol. The van der Waals surface area contributed by atoms with Crippen molar-refractivity contribution in [3.8, 4) is 0 Å². The normalized spacial score (nSPS) is 14.8. The van der Waals surface area contributed by atoms with Crippen molar-refractivity contribution in [2.45, 2.75) is 12.5 Å². The van der Waals surface area contributed by atoms with Crippen LogP contribution in [0, 0.1) is 11.6 Å². The highest BCUT2D eigenvalue weighted by Crippen LogP contribution is 2.13. The van der Waals surface area contributed by atoms with Crippen LogP contribution < -0.4 is 5.32 Å². The number of anilines is 1. The van der Waals surface area contributed by atoms with Gasteiger partial charge in [-0.05, 0) is 21.0 Å². The average molecular weight is 245 g/mol. The first-order valence-corrected chi connectivity index (χ1v) is 5.22. The number of aliphatic hydroxyl groups is 1. The van der Waals surface area contributed by atoms with Gasteiger partial charge in [0.05, 0.1) is 11.8 Å². The van der Waals surface area contributed by atoms with Gasteiger partial charge in [0.15, 0.2) is 11.6 Å². The molecule has 0 aliphatic carbocycles. The van der Waals surface area contributed by atoms with Crippen molar-refractivity contribution in [1.82, 2.24) is 9.88 Å². The number of rotatable bonds is 5. The molecule has 17 heavy (non-hydrogen) atoms. The topological polar surface area (TPSA) is 48.4 Å². The predicted molar refractivity (Wildman–Crippen MR) is 61.8 cm³/mol. The summed E-state index contributed by atoms with van der Waals surface area (Å²) in [6.07, 6.45) is 0.923. The lowest BCUT2D eigenvalue weighted by atomic mass is 10.1. The van der Waals surface area contributed by atoms with E-state index in [1.54, 1.807) is 6.92 Å². The Morgan fingerprint density at radius 3 is 2.65 bits per heavy atom. The van der Waals surface area contributed by atoms with Gasteiger partial charge in [0.1, 0.15) is 5.82 Å². The van der Waals surface area contributed by atoms with Gasteiger partial charge >= 0.3 is 0 Å². The molecule has 1 aromatic heterocycles. The summed E-state index contributed by atoms with van der Waals surface area (Å²) in [5.41, 5.74) is -1.02. The second-order valence-corrected chi connectivity index (χ2v) is 4.57. The third-order valence-electron chi connectivity index (χ3n) is 2.10. The van der Waals surface area contributed by atoms with E-state index in [-0.39, 0.29) is 12.4 Å². The predicted octanol–water partition coefficient (Wildman–Crippen LogP) is 1.08. The highest BCUT2D eigenvalue weighted by atomic mass is 19.1. The fourth-order valence-electron chi connectivity index (χ4n) is 1.56. The SMILES string of the molecule is CN(C)CC(C)(O)CNc1ncc(F)cc1F. The standard InChI is InChI=1S/C11H17F2N3O/c1-11(17,7-16(2)3)6-15-10-9(13)4-8(12)5-14-10/h4-5,17H,6-7H2,1-3H3,(H,14,15). The molecule has 1 rings (SSSR count). The van der Waals surface area contributed by atoms with Crippen molar-refractivity contribution in [3.63, 3.8) is 0 Å². The number of nitrogens with zero attached hydrogens (tertiary/aromatic N) is 2. The molecule has 0 fully saturated rings. The van der Waals surface area contributed by atoms with Crippen molar-refractivity contribution in [2.24, 2.45) is 0 Å². The summed E-state index contributed by atoms with van der Waals surface area (Å²) >= 11 is 0. The van der Waals surface area contributed by atoms with E-state index in [0.29, 0.717) is 6.54 Å². The number of pyridine rings is 1. The summed E-state index contributed by atoms with van der Waals surface area (Å²) in [6, 6.07) is 0.746. The molecule has 0 aromatic carbocycles. The first-order chi connectivity index (χ1) is 7.80. The Labute approximate surface area is 99.3 Å². The smallest absolute Gasteiger partial charge is 0.168 e. The molecule has 2 N–H and O–H groups in total. The first kappa shape index (κ1) is 13.8. The van der Waals surface area contributed by atoms with Gasteiger partial charge in [-0.1, -0.05) is 0 Å². The number of hydrogen-bond donors (Lipinski definition) is 2.